The molecule has 5 nitrogen and oxygen atoms in total. The van der Waals surface area contributed by atoms with Crippen molar-refractivity contribution in [2.24, 2.45) is 0 Å². The molecule has 2 aromatic carbocycles. The minimum Gasteiger partial charge on any atom is -0.497 e. The summed E-state index contributed by atoms with van der Waals surface area (Å²) in [6.45, 7) is 1.87. The summed E-state index contributed by atoms with van der Waals surface area (Å²) in [5.74, 6) is -0.484. The smallest absolute Gasteiger partial charge is 0.317 e. The van der Waals surface area contributed by atoms with E-state index in [0.29, 0.717) is 24.9 Å². The van der Waals surface area contributed by atoms with Crippen LogP contribution < -0.4 is 10.1 Å². The molecule has 154 valence electrons. The molecule has 6 heteroatoms. The van der Waals surface area contributed by atoms with Gasteiger partial charge in [-0.25, -0.2) is 4.39 Å². The predicted octanol–water partition coefficient (Wildman–Crippen LogP) is 3.89. The number of methoxy groups -OCH3 is 1. The van der Waals surface area contributed by atoms with E-state index in [-0.39, 0.29) is 11.7 Å². The van der Waals surface area contributed by atoms with Crippen LogP contribution >= 0.6 is 0 Å². The fourth-order valence-corrected chi connectivity index (χ4v) is 3.78. The number of hydrogen-bond acceptors (Lipinski definition) is 4. The van der Waals surface area contributed by atoms with Gasteiger partial charge in [0.15, 0.2) is 6.10 Å². The Bertz CT molecular complexity index is 859. The normalized spacial score (nSPS) is 16.1. The number of benzene rings is 2. The minimum absolute atomic E-state index is 0.319. The van der Waals surface area contributed by atoms with Crippen molar-refractivity contribution in [3.63, 3.8) is 0 Å². The molecule has 1 saturated carbocycles. The van der Waals surface area contributed by atoms with E-state index in [1.54, 1.807) is 26.2 Å². The van der Waals surface area contributed by atoms with E-state index >= 15 is 0 Å². The Kier molecular flexibility index (Phi) is 6.52. The van der Waals surface area contributed by atoms with Gasteiger partial charge in [-0.15, -0.1) is 0 Å². The van der Waals surface area contributed by atoms with Crippen molar-refractivity contribution in [1.82, 2.24) is 5.32 Å². The zero-order valence-electron chi connectivity index (χ0n) is 16.7. The number of nitrogens with one attached hydrogen (secondary N) is 1. The molecule has 1 aliphatic carbocycles. The molecular weight excluding hydrogens is 373 g/mol. The highest BCUT2D eigenvalue weighted by molar-refractivity contribution is 5.88. The first-order valence-corrected chi connectivity index (χ1v) is 9.82. The summed E-state index contributed by atoms with van der Waals surface area (Å²) < 4.78 is 24.4. The number of carbonyl (C=O) groups is 2. The second kappa shape index (κ2) is 9.07. The van der Waals surface area contributed by atoms with Crippen LogP contribution in [0.2, 0.25) is 0 Å². The number of rotatable bonds is 7. The molecule has 0 unspecified atom stereocenters. The highest BCUT2D eigenvalue weighted by Crippen LogP contribution is 2.42. The monoisotopic (exact) mass is 399 g/mol. The van der Waals surface area contributed by atoms with Crippen molar-refractivity contribution in [2.45, 2.75) is 50.7 Å². The largest absolute Gasteiger partial charge is 0.497 e. The van der Waals surface area contributed by atoms with Crippen LogP contribution in [-0.2, 0) is 26.3 Å². The molecule has 1 aliphatic rings. The molecule has 0 bridgehead atoms. The van der Waals surface area contributed by atoms with E-state index in [4.69, 9.17) is 9.47 Å². The van der Waals surface area contributed by atoms with Gasteiger partial charge in [0, 0.05) is 6.54 Å². The Hall–Kier alpha value is -2.89. The van der Waals surface area contributed by atoms with Gasteiger partial charge in [-0.2, -0.15) is 0 Å². The van der Waals surface area contributed by atoms with Crippen molar-refractivity contribution < 1.29 is 23.5 Å². The molecule has 1 amide bonds. The molecule has 0 heterocycles. The standard InChI is InChI=1S/C23H26FNO4/c1-16(21(26)25-15-17-8-10-20(28-2)11-9-17)29-22(27)23(12-3-4-13-23)18-6-5-7-19(24)14-18/h5-11,14,16H,3-4,12-13,15H2,1-2H3,(H,25,26)/t16-/m0/s1. The maximum atomic E-state index is 13.7. The Morgan fingerprint density at radius 3 is 2.45 bits per heavy atom. The maximum absolute atomic E-state index is 13.7. The first-order chi connectivity index (χ1) is 13.9. The summed E-state index contributed by atoms with van der Waals surface area (Å²) >= 11 is 0. The van der Waals surface area contributed by atoms with Crippen molar-refractivity contribution >= 4 is 11.9 Å². The summed E-state index contributed by atoms with van der Waals surface area (Å²) in [5, 5.41) is 2.78. The van der Waals surface area contributed by atoms with Gasteiger partial charge in [0.2, 0.25) is 0 Å². The van der Waals surface area contributed by atoms with E-state index in [1.807, 2.05) is 24.3 Å². The second-order valence-electron chi connectivity index (χ2n) is 7.41. The van der Waals surface area contributed by atoms with Crippen molar-refractivity contribution in [3.05, 3.63) is 65.5 Å². The lowest BCUT2D eigenvalue weighted by molar-refractivity contribution is -0.160. The van der Waals surface area contributed by atoms with E-state index in [0.717, 1.165) is 24.2 Å². The summed E-state index contributed by atoms with van der Waals surface area (Å²) in [7, 11) is 1.59. The average molecular weight is 399 g/mol. The van der Waals surface area contributed by atoms with Gasteiger partial charge >= 0.3 is 5.97 Å². The molecule has 0 spiro atoms. The molecule has 0 radical (unpaired) electrons. The first-order valence-electron chi connectivity index (χ1n) is 9.82. The van der Waals surface area contributed by atoms with Crippen LogP contribution in [0.5, 0.6) is 5.75 Å². The number of ether oxygens (including phenoxy) is 2. The van der Waals surface area contributed by atoms with Crippen LogP contribution in [0.25, 0.3) is 0 Å². The number of carbonyl (C=O) groups excluding carboxylic acids is 2. The third kappa shape index (κ3) is 4.75. The zero-order chi connectivity index (χ0) is 20.9. The maximum Gasteiger partial charge on any atom is 0.317 e. The Labute approximate surface area is 170 Å². The van der Waals surface area contributed by atoms with Crippen LogP contribution in [0.15, 0.2) is 48.5 Å². The Morgan fingerprint density at radius 2 is 1.83 bits per heavy atom. The lowest BCUT2D eigenvalue weighted by Gasteiger charge is -2.28. The van der Waals surface area contributed by atoms with Crippen LogP contribution in [-0.4, -0.2) is 25.1 Å². The zero-order valence-corrected chi connectivity index (χ0v) is 16.7. The summed E-state index contributed by atoms with van der Waals surface area (Å²) in [5.41, 5.74) is 0.641. The average Bonchev–Trinajstić information content (AvgIpc) is 3.23. The molecule has 1 N–H and O–H groups in total. The van der Waals surface area contributed by atoms with Gasteiger partial charge in [0.05, 0.1) is 12.5 Å². The summed E-state index contributed by atoms with van der Waals surface area (Å²) in [6.07, 6.45) is 1.98. The van der Waals surface area contributed by atoms with Crippen molar-refractivity contribution in [3.8, 4) is 5.75 Å². The lowest BCUT2D eigenvalue weighted by Crippen LogP contribution is -2.41. The predicted molar refractivity (Wildman–Crippen MR) is 107 cm³/mol. The Balaban J connectivity index is 1.62. The molecular formula is C23H26FNO4. The van der Waals surface area contributed by atoms with Crippen LogP contribution in [0.4, 0.5) is 4.39 Å². The molecule has 0 aliphatic heterocycles. The van der Waals surface area contributed by atoms with Gasteiger partial charge < -0.3 is 14.8 Å². The number of esters is 1. The van der Waals surface area contributed by atoms with E-state index < -0.39 is 17.5 Å². The quantitative estimate of drug-likeness (QED) is 0.718. The SMILES string of the molecule is COc1ccc(CNC(=O)[C@H](C)OC(=O)C2(c3cccc(F)c3)CCCC2)cc1. The van der Waals surface area contributed by atoms with E-state index in [2.05, 4.69) is 5.32 Å². The fraction of sp³-hybridized carbons (Fsp3) is 0.391. The summed E-state index contributed by atoms with van der Waals surface area (Å²) in [6, 6.07) is 13.4. The molecule has 29 heavy (non-hydrogen) atoms. The number of amides is 1. The molecule has 0 aromatic heterocycles. The number of halogens is 1. The fourth-order valence-electron chi connectivity index (χ4n) is 3.78. The third-order valence-electron chi connectivity index (χ3n) is 5.50. The highest BCUT2D eigenvalue weighted by atomic mass is 19.1. The lowest BCUT2D eigenvalue weighted by atomic mass is 9.79. The van der Waals surface area contributed by atoms with Gasteiger partial charge in [-0.1, -0.05) is 37.1 Å². The first kappa shape index (κ1) is 20.8. The van der Waals surface area contributed by atoms with Gasteiger partial charge in [0.1, 0.15) is 11.6 Å². The molecule has 1 fully saturated rings. The molecule has 1 atom stereocenters. The summed E-state index contributed by atoms with van der Waals surface area (Å²) in [4.78, 5) is 25.4. The number of hydrogen-bond donors (Lipinski definition) is 1. The topological polar surface area (TPSA) is 64.6 Å². The molecule has 0 saturated heterocycles. The van der Waals surface area contributed by atoms with Crippen LogP contribution in [0.1, 0.15) is 43.7 Å². The highest BCUT2D eigenvalue weighted by Gasteiger charge is 2.45. The van der Waals surface area contributed by atoms with Gasteiger partial charge in [0.25, 0.3) is 5.91 Å². The van der Waals surface area contributed by atoms with E-state index in [1.165, 1.54) is 12.1 Å². The molecule has 2 aromatic rings. The molecule has 3 rings (SSSR count). The van der Waals surface area contributed by atoms with E-state index in [9.17, 15) is 14.0 Å². The van der Waals surface area contributed by atoms with Crippen molar-refractivity contribution in [2.75, 3.05) is 7.11 Å². The van der Waals surface area contributed by atoms with Crippen molar-refractivity contribution in [1.29, 1.82) is 0 Å². The van der Waals surface area contributed by atoms with Crippen LogP contribution in [0.3, 0.4) is 0 Å². The van der Waals surface area contributed by atoms with Gasteiger partial charge in [-0.05, 0) is 55.2 Å². The third-order valence-corrected chi connectivity index (χ3v) is 5.50. The minimum atomic E-state index is -0.938. The van der Waals surface area contributed by atoms with Gasteiger partial charge in [-0.3, -0.25) is 9.59 Å². The Morgan fingerprint density at radius 1 is 1.14 bits per heavy atom. The second-order valence-corrected chi connectivity index (χ2v) is 7.41. The van der Waals surface area contributed by atoms with Crippen LogP contribution in [0, 0.1) is 5.82 Å².